The van der Waals surface area contributed by atoms with Crippen molar-refractivity contribution in [3.63, 3.8) is 0 Å². The van der Waals surface area contributed by atoms with Gasteiger partial charge in [0.1, 0.15) is 5.76 Å². The maximum absolute atomic E-state index is 12.0. The van der Waals surface area contributed by atoms with Gasteiger partial charge in [-0.15, -0.1) is 0 Å². The summed E-state index contributed by atoms with van der Waals surface area (Å²) < 4.78 is 24.0. The summed E-state index contributed by atoms with van der Waals surface area (Å²) >= 11 is 0. The number of rotatable bonds is 8. The van der Waals surface area contributed by atoms with E-state index >= 15 is 0 Å². The molecule has 1 aromatic heterocycles. The molecule has 160 valence electrons. The molecule has 0 unspecified atom stereocenters. The fraction of sp³-hybridized carbons (Fsp3) is 0.773. The van der Waals surface area contributed by atoms with E-state index < -0.39 is 13.9 Å². The molecule has 0 N–H and O–H groups in total. The lowest BCUT2D eigenvalue weighted by atomic mass is 9.85. The molecule has 0 amide bonds. The van der Waals surface area contributed by atoms with Crippen molar-refractivity contribution in [1.82, 2.24) is 0 Å². The number of hydrogen-bond acceptors (Lipinski definition) is 5. The van der Waals surface area contributed by atoms with Gasteiger partial charge in [0, 0.05) is 6.42 Å². The molecular formula is C22H38O5Si. The molecule has 1 aliphatic heterocycles. The smallest absolute Gasteiger partial charge is 0.308 e. The van der Waals surface area contributed by atoms with Gasteiger partial charge in [0.25, 0.3) is 0 Å². The summed E-state index contributed by atoms with van der Waals surface area (Å²) in [6.45, 7) is 15.7. The topological polar surface area (TPSA) is 57.9 Å². The molecule has 1 fully saturated rings. The first kappa shape index (κ1) is 23.2. The van der Waals surface area contributed by atoms with E-state index in [-0.39, 0.29) is 23.2 Å². The first-order chi connectivity index (χ1) is 13.0. The van der Waals surface area contributed by atoms with E-state index in [0.717, 1.165) is 31.4 Å². The zero-order valence-electron chi connectivity index (χ0n) is 18.7. The van der Waals surface area contributed by atoms with Crippen molar-refractivity contribution in [3.8, 4) is 0 Å². The van der Waals surface area contributed by atoms with Crippen LogP contribution in [0.25, 0.3) is 0 Å². The Balaban J connectivity index is 2.14. The number of carbonyl (C=O) groups excluding carboxylic acids is 1. The predicted molar refractivity (Wildman–Crippen MR) is 113 cm³/mol. The zero-order valence-corrected chi connectivity index (χ0v) is 19.7. The van der Waals surface area contributed by atoms with Gasteiger partial charge in [-0.05, 0) is 63.4 Å². The minimum atomic E-state index is -1.94. The summed E-state index contributed by atoms with van der Waals surface area (Å²) in [5.41, 5.74) is -0.461. The van der Waals surface area contributed by atoms with Gasteiger partial charge in [-0.2, -0.15) is 0 Å². The Kier molecular flexibility index (Phi) is 7.56. The van der Waals surface area contributed by atoms with E-state index in [1.807, 2.05) is 19.1 Å². The average Bonchev–Trinajstić information content (AvgIpc) is 3.08. The second-order valence-electron chi connectivity index (χ2n) is 9.59. The lowest BCUT2D eigenvalue weighted by molar-refractivity contribution is -0.186. The Labute approximate surface area is 171 Å². The minimum absolute atomic E-state index is 0.0156. The fourth-order valence-electron chi connectivity index (χ4n) is 3.47. The summed E-state index contributed by atoms with van der Waals surface area (Å²) in [6.07, 6.45) is 5.18. The highest BCUT2D eigenvalue weighted by molar-refractivity contribution is 6.74. The summed E-state index contributed by atoms with van der Waals surface area (Å²) in [7, 11) is -1.94. The van der Waals surface area contributed by atoms with E-state index in [2.05, 4.69) is 40.8 Å². The largest absolute Gasteiger partial charge is 0.469 e. The van der Waals surface area contributed by atoms with E-state index in [4.69, 9.17) is 18.3 Å². The van der Waals surface area contributed by atoms with Crippen LogP contribution in [0, 0.1) is 0 Å². The maximum Gasteiger partial charge on any atom is 0.308 e. The summed E-state index contributed by atoms with van der Waals surface area (Å²) in [5.74, 6) is 0.757. The molecule has 28 heavy (non-hydrogen) atoms. The van der Waals surface area contributed by atoms with Crippen molar-refractivity contribution in [2.24, 2.45) is 0 Å². The van der Waals surface area contributed by atoms with Gasteiger partial charge in [0.05, 0.1) is 37.1 Å². The number of carbonyl (C=O) groups is 1. The second kappa shape index (κ2) is 9.14. The monoisotopic (exact) mass is 410 g/mol. The summed E-state index contributed by atoms with van der Waals surface area (Å²) in [6, 6.07) is 3.90. The van der Waals surface area contributed by atoms with Crippen LogP contribution >= 0.6 is 0 Å². The van der Waals surface area contributed by atoms with Gasteiger partial charge in [-0.3, -0.25) is 4.79 Å². The number of ether oxygens (including phenoxy) is 2. The Morgan fingerprint density at radius 2 is 2.04 bits per heavy atom. The molecule has 1 aromatic rings. The van der Waals surface area contributed by atoms with Crippen molar-refractivity contribution in [3.05, 3.63) is 24.2 Å². The second-order valence-corrected chi connectivity index (χ2v) is 14.3. The molecule has 0 spiro atoms. The highest BCUT2D eigenvalue weighted by Gasteiger charge is 2.48. The van der Waals surface area contributed by atoms with Gasteiger partial charge in [0.2, 0.25) is 0 Å². The molecule has 5 nitrogen and oxygen atoms in total. The van der Waals surface area contributed by atoms with Gasteiger partial charge in [-0.1, -0.05) is 20.8 Å². The number of furan rings is 1. The van der Waals surface area contributed by atoms with Crippen LogP contribution in [-0.2, 0) is 25.1 Å². The van der Waals surface area contributed by atoms with E-state index in [1.54, 1.807) is 6.26 Å². The van der Waals surface area contributed by atoms with Crippen LogP contribution in [0.1, 0.15) is 66.1 Å². The molecule has 1 saturated heterocycles. The number of aryl methyl sites for hydroxylation is 1. The predicted octanol–water partition coefficient (Wildman–Crippen LogP) is 5.49. The van der Waals surface area contributed by atoms with Crippen LogP contribution in [0.5, 0.6) is 0 Å². The molecular weight excluding hydrogens is 372 g/mol. The third kappa shape index (κ3) is 5.94. The molecule has 0 radical (unpaired) electrons. The van der Waals surface area contributed by atoms with Gasteiger partial charge >= 0.3 is 5.97 Å². The Morgan fingerprint density at radius 3 is 2.61 bits per heavy atom. The zero-order chi connectivity index (χ0) is 21.0. The van der Waals surface area contributed by atoms with Crippen LogP contribution in [0.15, 0.2) is 22.8 Å². The molecule has 2 rings (SSSR count). The molecule has 0 aliphatic carbocycles. The fourth-order valence-corrected chi connectivity index (χ4v) is 4.90. The third-order valence-corrected chi connectivity index (χ3v) is 10.7. The molecule has 0 bridgehead atoms. The quantitative estimate of drug-likeness (QED) is 0.419. The van der Waals surface area contributed by atoms with Gasteiger partial charge < -0.3 is 18.3 Å². The van der Waals surface area contributed by atoms with Crippen LogP contribution in [0.2, 0.25) is 18.1 Å². The van der Waals surface area contributed by atoms with Crippen LogP contribution in [-0.4, -0.2) is 38.7 Å². The van der Waals surface area contributed by atoms with Crippen molar-refractivity contribution in [1.29, 1.82) is 0 Å². The average molecular weight is 411 g/mol. The molecule has 3 atom stereocenters. The normalized spacial score (nSPS) is 26.2. The van der Waals surface area contributed by atoms with E-state index in [9.17, 15) is 4.79 Å². The molecule has 1 aliphatic rings. The highest BCUT2D eigenvalue weighted by Crippen LogP contribution is 2.43. The van der Waals surface area contributed by atoms with E-state index in [0.29, 0.717) is 13.0 Å². The van der Waals surface area contributed by atoms with E-state index in [1.165, 1.54) is 0 Å². The minimum Gasteiger partial charge on any atom is -0.469 e. The Bertz CT molecular complexity index is 619. The maximum atomic E-state index is 12.0. The van der Waals surface area contributed by atoms with Crippen molar-refractivity contribution in [2.45, 2.75) is 103 Å². The number of esters is 1. The summed E-state index contributed by atoms with van der Waals surface area (Å²) in [5, 5.41) is 0.136. The van der Waals surface area contributed by atoms with Crippen molar-refractivity contribution < 1.29 is 23.1 Å². The van der Waals surface area contributed by atoms with Crippen LogP contribution in [0.4, 0.5) is 0 Å². The number of hydrogen-bond donors (Lipinski definition) is 0. The molecule has 0 saturated carbocycles. The van der Waals surface area contributed by atoms with Crippen LogP contribution < -0.4 is 0 Å². The lowest BCUT2D eigenvalue weighted by Gasteiger charge is -2.49. The highest BCUT2D eigenvalue weighted by atomic mass is 28.4. The SMILES string of the molecule is CCOC(=O)C[C@@H]1CC[C@@H](O[Si](C)(C)C(C)(C)C)[C@](C)(CCc2ccco2)O1. The molecule has 0 aromatic carbocycles. The van der Waals surface area contributed by atoms with Gasteiger partial charge in [-0.25, -0.2) is 0 Å². The lowest BCUT2D eigenvalue weighted by Crippen LogP contribution is -2.56. The first-order valence-corrected chi connectivity index (χ1v) is 13.4. The van der Waals surface area contributed by atoms with Crippen LogP contribution in [0.3, 0.4) is 0 Å². The third-order valence-electron chi connectivity index (χ3n) is 6.26. The summed E-state index contributed by atoms with van der Waals surface area (Å²) in [4.78, 5) is 12.0. The Hall–Kier alpha value is -1.11. The molecule has 6 heteroatoms. The standard InChI is InChI=1S/C22H38O5Si/c1-8-24-20(23)16-18-11-12-19(27-28(6,7)21(2,3)4)22(5,26-18)14-13-17-10-9-15-25-17/h9-10,15,18-19H,8,11-14,16H2,1-7H3/t18-,19+,22-/m0/s1. The first-order valence-electron chi connectivity index (χ1n) is 10.5. The van der Waals surface area contributed by atoms with Gasteiger partial charge in [0.15, 0.2) is 8.32 Å². The molecule has 2 heterocycles. The Morgan fingerprint density at radius 1 is 1.32 bits per heavy atom. The van der Waals surface area contributed by atoms with Crippen molar-refractivity contribution >= 4 is 14.3 Å². The van der Waals surface area contributed by atoms with Crippen molar-refractivity contribution in [2.75, 3.05) is 6.61 Å².